The number of benzene rings is 1. The Hall–Kier alpha value is -1.64. The quantitative estimate of drug-likeness (QED) is 0.726. The molecule has 0 aliphatic heterocycles. The molecular weight excluding hydrogens is 190 g/mol. The zero-order chi connectivity index (χ0) is 11.3. The third kappa shape index (κ3) is 3.20. The molecule has 0 bridgehead atoms. The van der Waals surface area contributed by atoms with Gasteiger partial charge in [0.1, 0.15) is 0 Å². The number of carboxylic acid groups (broad SMARTS) is 1. The van der Waals surface area contributed by atoms with Crippen LogP contribution < -0.4 is 0 Å². The number of hydrogen-bond acceptors (Lipinski definition) is 2. The molecule has 1 aromatic carbocycles. The van der Waals surface area contributed by atoms with Crippen LogP contribution in [-0.2, 0) is 6.42 Å². The highest BCUT2D eigenvalue weighted by Gasteiger charge is 2.08. The lowest BCUT2D eigenvalue weighted by atomic mass is 10.0. The molecule has 0 saturated heterocycles. The van der Waals surface area contributed by atoms with Crippen LogP contribution in [0.1, 0.15) is 35.7 Å². The van der Waals surface area contributed by atoms with Gasteiger partial charge in [0.05, 0.1) is 5.56 Å². The normalized spacial score (nSPS) is 9.93. The summed E-state index contributed by atoms with van der Waals surface area (Å²) in [4.78, 5) is 10.9. The maximum absolute atomic E-state index is 10.9. The summed E-state index contributed by atoms with van der Waals surface area (Å²) >= 11 is 0. The fourth-order valence-electron chi connectivity index (χ4n) is 1.41. The summed E-state index contributed by atoms with van der Waals surface area (Å²) in [6, 6.07) is 6.97. The molecule has 0 aliphatic rings. The Labute approximate surface area is 89.3 Å². The number of nitrogens with one attached hydrogen (secondary N) is 1. The Morgan fingerprint density at radius 2 is 2.07 bits per heavy atom. The number of rotatable bonds is 5. The first-order chi connectivity index (χ1) is 7.15. The number of hydrogen-bond donors (Lipinski definition) is 2. The van der Waals surface area contributed by atoms with Gasteiger partial charge in [-0.3, -0.25) is 0 Å². The maximum atomic E-state index is 10.9. The molecule has 0 saturated carbocycles. The molecule has 2 N–H and O–H groups in total. The minimum absolute atomic E-state index is 0.349. The highest BCUT2D eigenvalue weighted by atomic mass is 16.4. The van der Waals surface area contributed by atoms with Crippen molar-refractivity contribution in [2.24, 2.45) is 0 Å². The van der Waals surface area contributed by atoms with Crippen LogP contribution in [0.2, 0.25) is 0 Å². The van der Waals surface area contributed by atoms with E-state index in [-0.39, 0.29) is 0 Å². The third-order valence-corrected chi connectivity index (χ3v) is 2.37. The first-order valence-electron chi connectivity index (χ1n) is 5.02. The number of aryl methyl sites for hydroxylation is 1. The Morgan fingerprint density at radius 3 is 2.67 bits per heavy atom. The third-order valence-electron chi connectivity index (χ3n) is 2.37. The van der Waals surface area contributed by atoms with E-state index < -0.39 is 5.97 Å². The van der Waals surface area contributed by atoms with Crippen LogP contribution in [-0.4, -0.2) is 16.8 Å². The van der Waals surface area contributed by atoms with E-state index in [2.05, 4.69) is 0 Å². The first-order valence-corrected chi connectivity index (χ1v) is 5.02. The van der Waals surface area contributed by atoms with Crippen LogP contribution in [0.5, 0.6) is 0 Å². The van der Waals surface area contributed by atoms with Crippen LogP contribution in [0.25, 0.3) is 0 Å². The second-order valence-electron chi connectivity index (χ2n) is 3.42. The molecule has 3 nitrogen and oxygen atoms in total. The maximum Gasteiger partial charge on any atom is 0.335 e. The Morgan fingerprint density at radius 1 is 1.40 bits per heavy atom. The van der Waals surface area contributed by atoms with Crippen molar-refractivity contribution in [2.75, 3.05) is 0 Å². The first kappa shape index (κ1) is 11.4. The SMILES string of the molecule is CCC(=N)CCc1ccccc1C(=O)O. The fraction of sp³-hybridized carbons (Fsp3) is 0.333. The lowest BCUT2D eigenvalue weighted by Gasteiger charge is -2.05. The standard InChI is InChI=1S/C12H15NO2/c1-2-10(13)8-7-9-5-3-4-6-11(9)12(14)15/h3-6,13H,2,7-8H2,1H3,(H,14,15). The van der Waals surface area contributed by atoms with Gasteiger partial charge in [0, 0.05) is 5.71 Å². The summed E-state index contributed by atoms with van der Waals surface area (Å²) in [6.07, 6.45) is 2.01. The fourth-order valence-corrected chi connectivity index (χ4v) is 1.41. The van der Waals surface area contributed by atoms with Gasteiger partial charge in [-0.25, -0.2) is 4.79 Å². The summed E-state index contributed by atoms with van der Waals surface area (Å²) in [6.45, 7) is 1.94. The minimum atomic E-state index is -0.895. The number of aromatic carboxylic acids is 1. The van der Waals surface area contributed by atoms with Crippen LogP contribution in [0, 0.1) is 5.41 Å². The lowest BCUT2D eigenvalue weighted by molar-refractivity contribution is 0.0695. The van der Waals surface area contributed by atoms with Gasteiger partial charge < -0.3 is 10.5 Å². The van der Waals surface area contributed by atoms with E-state index in [1.165, 1.54) is 0 Å². The highest BCUT2D eigenvalue weighted by Crippen LogP contribution is 2.11. The highest BCUT2D eigenvalue weighted by molar-refractivity contribution is 5.89. The van der Waals surface area contributed by atoms with Crippen molar-refractivity contribution < 1.29 is 9.90 Å². The number of carboxylic acids is 1. The van der Waals surface area contributed by atoms with Crippen LogP contribution >= 0.6 is 0 Å². The van der Waals surface area contributed by atoms with Gasteiger partial charge >= 0.3 is 5.97 Å². The second-order valence-corrected chi connectivity index (χ2v) is 3.42. The molecule has 0 spiro atoms. The van der Waals surface area contributed by atoms with E-state index in [9.17, 15) is 4.79 Å². The molecule has 3 heteroatoms. The van der Waals surface area contributed by atoms with Crippen molar-refractivity contribution in [2.45, 2.75) is 26.2 Å². The Balaban J connectivity index is 2.76. The Bertz CT molecular complexity index is 372. The molecule has 0 heterocycles. The van der Waals surface area contributed by atoms with E-state index >= 15 is 0 Å². The molecule has 15 heavy (non-hydrogen) atoms. The molecule has 1 rings (SSSR count). The monoisotopic (exact) mass is 205 g/mol. The topological polar surface area (TPSA) is 61.2 Å². The zero-order valence-electron chi connectivity index (χ0n) is 8.79. The number of carbonyl (C=O) groups is 1. The molecule has 80 valence electrons. The van der Waals surface area contributed by atoms with Crippen LogP contribution in [0.4, 0.5) is 0 Å². The van der Waals surface area contributed by atoms with Crippen LogP contribution in [0.15, 0.2) is 24.3 Å². The van der Waals surface area contributed by atoms with E-state index in [1.54, 1.807) is 12.1 Å². The largest absolute Gasteiger partial charge is 0.478 e. The summed E-state index contributed by atoms with van der Waals surface area (Å²) in [5, 5.41) is 16.5. The molecule has 0 fully saturated rings. The smallest absolute Gasteiger partial charge is 0.335 e. The Kier molecular flexibility index (Phi) is 4.03. The average Bonchev–Trinajstić information content (AvgIpc) is 2.26. The van der Waals surface area contributed by atoms with Crippen molar-refractivity contribution in [1.82, 2.24) is 0 Å². The van der Waals surface area contributed by atoms with Crippen molar-refractivity contribution in [3.05, 3.63) is 35.4 Å². The van der Waals surface area contributed by atoms with Gasteiger partial charge in [-0.2, -0.15) is 0 Å². The van der Waals surface area contributed by atoms with Gasteiger partial charge in [0.15, 0.2) is 0 Å². The molecular formula is C12H15NO2. The average molecular weight is 205 g/mol. The van der Waals surface area contributed by atoms with Crippen molar-refractivity contribution in [3.8, 4) is 0 Å². The van der Waals surface area contributed by atoms with Gasteiger partial charge in [-0.05, 0) is 30.9 Å². The van der Waals surface area contributed by atoms with Crippen molar-refractivity contribution in [3.63, 3.8) is 0 Å². The van der Waals surface area contributed by atoms with Crippen molar-refractivity contribution >= 4 is 11.7 Å². The summed E-state index contributed by atoms with van der Waals surface area (Å²) < 4.78 is 0. The molecule has 0 amide bonds. The molecule has 0 unspecified atom stereocenters. The van der Waals surface area contributed by atoms with Crippen LogP contribution in [0.3, 0.4) is 0 Å². The predicted molar refractivity (Wildman–Crippen MR) is 59.7 cm³/mol. The van der Waals surface area contributed by atoms with E-state index in [1.807, 2.05) is 19.1 Å². The summed E-state index contributed by atoms with van der Waals surface area (Å²) in [5.41, 5.74) is 1.82. The van der Waals surface area contributed by atoms with Gasteiger partial charge in [0.25, 0.3) is 0 Å². The lowest BCUT2D eigenvalue weighted by Crippen LogP contribution is -2.04. The van der Waals surface area contributed by atoms with Gasteiger partial charge in [-0.1, -0.05) is 25.1 Å². The van der Waals surface area contributed by atoms with E-state index in [0.717, 1.165) is 12.0 Å². The summed E-state index contributed by atoms with van der Waals surface area (Å²) in [5.74, 6) is -0.895. The van der Waals surface area contributed by atoms with Gasteiger partial charge in [0.2, 0.25) is 0 Å². The molecule has 1 aromatic rings. The summed E-state index contributed by atoms with van der Waals surface area (Å²) in [7, 11) is 0. The minimum Gasteiger partial charge on any atom is -0.478 e. The van der Waals surface area contributed by atoms with E-state index in [0.29, 0.717) is 24.1 Å². The molecule has 0 aliphatic carbocycles. The predicted octanol–water partition coefficient (Wildman–Crippen LogP) is 2.75. The second kappa shape index (κ2) is 5.29. The zero-order valence-corrected chi connectivity index (χ0v) is 8.79. The van der Waals surface area contributed by atoms with Crippen molar-refractivity contribution in [1.29, 1.82) is 5.41 Å². The van der Waals surface area contributed by atoms with E-state index in [4.69, 9.17) is 10.5 Å². The molecule has 0 radical (unpaired) electrons. The molecule has 0 aromatic heterocycles. The van der Waals surface area contributed by atoms with Gasteiger partial charge in [-0.15, -0.1) is 0 Å². The molecule has 0 atom stereocenters.